The molecule has 0 bridgehead atoms. The standard InChI is InChI=1S/C17H21N7O2/c25-16(13-3-4-19-17(23-13)20-9-12-1-2-12)22-14-10-18-11-21-15(14)24-5-7-26-8-6-24/h3-4,10-12H,1-2,5-9H2,(H,22,25)(H,19,20,23). The van der Waals surface area contributed by atoms with Crippen LogP contribution in [-0.4, -0.2) is 58.7 Å². The van der Waals surface area contributed by atoms with E-state index in [0.717, 1.165) is 19.6 Å². The molecule has 2 aliphatic rings. The molecule has 9 heteroatoms. The van der Waals surface area contributed by atoms with Crippen molar-refractivity contribution in [2.75, 3.05) is 48.4 Å². The highest BCUT2D eigenvalue weighted by Gasteiger charge is 2.22. The lowest BCUT2D eigenvalue weighted by Gasteiger charge is -2.29. The van der Waals surface area contributed by atoms with Crippen LogP contribution in [0.25, 0.3) is 0 Å². The van der Waals surface area contributed by atoms with Crippen molar-refractivity contribution in [3.05, 3.63) is 30.5 Å². The summed E-state index contributed by atoms with van der Waals surface area (Å²) >= 11 is 0. The number of hydrogen-bond donors (Lipinski definition) is 2. The van der Waals surface area contributed by atoms with Gasteiger partial charge in [-0.2, -0.15) is 0 Å². The number of amides is 1. The fraction of sp³-hybridized carbons (Fsp3) is 0.471. The molecule has 1 aliphatic carbocycles. The van der Waals surface area contributed by atoms with E-state index in [2.05, 4.69) is 35.5 Å². The normalized spacial score (nSPS) is 17.0. The van der Waals surface area contributed by atoms with Gasteiger partial charge in [0.25, 0.3) is 5.91 Å². The molecule has 2 aromatic rings. The van der Waals surface area contributed by atoms with E-state index in [0.29, 0.717) is 42.3 Å². The third-order valence-electron chi connectivity index (χ3n) is 4.38. The van der Waals surface area contributed by atoms with Crippen LogP contribution in [0, 0.1) is 5.92 Å². The first-order valence-corrected chi connectivity index (χ1v) is 8.80. The van der Waals surface area contributed by atoms with Crippen molar-refractivity contribution in [1.29, 1.82) is 0 Å². The van der Waals surface area contributed by atoms with E-state index < -0.39 is 0 Å². The highest BCUT2D eigenvalue weighted by Crippen LogP contribution is 2.28. The zero-order valence-corrected chi connectivity index (χ0v) is 14.4. The molecule has 0 aromatic carbocycles. The maximum atomic E-state index is 12.6. The average molecular weight is 355 g/mol. The first kappa shape index (κ1) is 16.6. The monoisotopic (exact) mass is 355 g/mol. The van der Waals surface area contributed by atoms with Gasteiger partial charge in [0.05, 0.1) is 19.4 Å². The van der Waals surface area contributed by atoms with Crippen LogP contribution in [0.2, 0.25) is 0 Å². The highest BCUT2D eigenvalue weighted by atomic mass is 16.5. The molecule has 26 heavy (non-hydrogen) atoms. The van der Waals surface area contributed by atoms with Crippen LogP contribution in [0.15, 0.2) is 24.8 Å². The second-order valence-corrected chi connectivity index (χ2v) is 6.40. The largest absolute Gasteiger partial charge is 0.378 e. The Morgan fingerprint density at radius 3 is 2.92 bits per heavy atom. The van der Waals surface area contributed by atoms with Crippen LogP contribution in [0.4, 0.5) is 17.5 Å². The van der Waals surface area contributed by atoms with Gasteiger partial charge in [0.15, 0.2) is 5.82 Å². The van der Waals surface area contributed by atoms with E-state index >= 15 is 0 Å². The predicted molar refractivity (Wildman–Crippen MR) is 96.3 cm³/mol. The minimum atomic E-state index is -0.314. The van der Waals surface area contributed by atoms with Gasteiger partial charge in [-0.25, -0.2) is 19.9 Å². The topological polar surface area (TPSA) is 105 Å². The van der Waals surface area contributed by atoms with Gasteiger partial charge >= 0.3 is 0 Å². The Hall–Kier alpha value is -2.81. The third-order valence-corrected chi connectivity index (χ3v) is 4.38. The number of anilines is 3. The summed E-state index contributed by atoms with van der Waals surface area (Å²) in [5, 5.41) is 6.04. The molecule has 136 valence electrons. The van der Waals surface area contributed by atoms with E-state index in [1.165, 1.54) is 19.2 Å². The molecule has 4 rings (SSSR count). The maximum Gasteiger partial charge on any atom is 0.274 e. The van der Waals surface area contributed by atoms with Gasteiger partial charge in [-0.1, -0.05) is 0 Å². The molecule has 9 nitrogen and oxygen atoms in total. The predicted octanol–water partition coefficient (Wildman–Crippen LogP) is 1.18. The van der Waals surface area contributed by atoms with Crippen LogP contribution in [0.3, 0.4) is 0 Å². The first-order valence-electron chi connectivity index (χ1n) is 8.80. The smallest absolute Gasteiger partial charge is 0.274 e. The molecule has 2 aromatic heterocycles. The average Bonchev–Trinajstić information content (AvgIpc) is 3.52. The fourth-order valence-electron chi connectivity index (χ4n) is 2.75. The molecule has 1 saturated heterocycles. The van der Waals surface area contributed by atoms with Crippen LogP contribution in [0.1, 0.15) is 23.3 Å². The Bertz CT molecular complexity index is 775. The lowest BCUT2D eigenvalue weighted by atomic mass is 10.3. The number of morpholine rings is 1. The van der Waals surface area contributed by atoms with Gasteiger partial charge in [0.2, 0.25) is 5.95 Å². The molecule has 1 aliphatic heterocycles. The number of carbonyl (C=O) groups excluding carboxylic acids is 1. The molecular weight excluding hydrogens is 334 g/mol. The zero-order chi connectivity index (χ0) is 17.8. The van der Waals surface area contributed by atoms with Gasteiger partial charge in [0.1, 0.15) is 17.7 Å². The van der Waals surface area contributed by atoms with Gasteiger partial charge in [-0.3, -0.25) is 4.79 Å². The number of nitrogens with one attached hydrogen (secondary N) is 2. The van der Waals surface area contributed by atoms with E-state index in [9.17, 15) is 4.79 Å². The number of rotatable bonds is 6. The Morgan fingerprint density at radius 1 is 1.27 bits per heavy atom. The summed E-state index contributed by atoms with van der Waals surface area (Å²) in [5.74, 6) is 1.56. The molecule has 0 spiro atoms. The van der Waals surface area contributed by atoms with Crippen molar-refractivity contribution in [2.24, 2.45) is 5.92 Å². The zero-order valence-electron chi connectivity index (χ0n) is 14.4. The number of carbonyl (C=O) groups is 1. The summed E-state index contributed by atoms with van der Waals surface area (Å²) in [5.41, 5.74) is 0.862. The van der Waals surface area contributed by atoms with Crippen molar-refractivity contribution >= 4 is 23.4 Å². The van der Waals surface area contributed by atoms with Crippen LogP contribution >= 0.6 is 0 Å². The van der Waals surface area contributed by atoms with Crippen LogP contribution in [0.5, 0.6) is 0 Å². The molecular formula is C17H21N7O2. The fourth-order valence-corrected chi connectivity index (χ4v) is 2.75. The second-order valence-electron chi connectivity index (χ2n) is 6.40. The van der Waals surface area contributed by atoms with Gasteiger partial charge in [0, 0.05) is 25.8 Å². The van der Waals surface area contributed by atoms with E-state index in [1.54, 1.807) is 18.5 Å². The van der Waals surface area contributed by atoms with Crippen LogP contribution < -0.4 is 15.5 Å². The lowest BCUT2D eigenvalue weighted by molar-refractivity contribution is 0.102. The quantitative estimate of drug-likeness (QED) is 0.796. The lowest BCUT2D eigenvalue weighted by Crippen LogP contribution is -2.37. The Labute approximate surface area is 151 Å². The molecule has 2 N–H and O–H groups in total. The molecule has 1 amide bonds. The van der Waals surface area contributed by atoms with E-state index in [4.69, 9.17) is 4.74 Å². The number of nitrogens with zero attached hydrogens (tertiary/aromatic N) is 5. The van der Waals surface area contributed by atoms with Crippen molar-refractivity contribution < 1.29 is 9.53 Å². The van der Waals surface area contributed by atoms with E-state index in [1.807, 2.05) is 0 Å². The SMILES string of the molecule is O=C(Nc1cncnc1N1CCOCC1)c1ccnc(NCC2CC2)n1. The van der Waals surface area contributed by atoms with Gasteiger partial charge < -0.3 is 20.3 Å². The number of ether oxygens (including phenoxy) is 1. The number of aromatic nitrogens is 4. The summed E-state index contributed by atoms with van der Waals surface area (Å²) < 4.78 is 5.37. The van der Waals surface area contributed by atoms with Crippen molar-refractivity contribution in [1.82, 2.24) is 19.9 Å². The highest BCUT2D eigenvalue weighted by molar-refractivity contribution is 6.04. The summed E-state index contributed by atoms with van der Waals surface area (Å²) in [6.07, 6.45) is 7.15. The van der Waals surface area contributed by atoms with Crippen LogP contribution in [-0.2, 0) is 4.74 Å². The molecule has 0 atom stereocenters. The summed E-state index contributed by atoms with van der Waals surface area (Å²) in [6.45, 7) is 3.57. The van der Waals surface area contributed by atoms with Crippen molar-refractivity contribution in [3.8, 4) is 0 Å². The maximum absolute atomic E-state index is 12.6. The van der Waals surface area contributed by atoms with Crippen molar-refractivity contribution in [2.45, 2.75) is 12.8 Å². The third kappa shape index (κ3) is 4.05. The van der Waals surface area contributed by atoms with Gasteiger partial charge in [-0.05, 0) is 24.8 Å². The molecule has 1 saturated carbocycles. The second kappa shape index (κ2) is 7.61. The molecule has 3 heterocycles. The Balaban J connectivity index is 1.46. The van der Waals surface area contributed by atoms with Gasteiger partial charge in [-0.15, -0.1) is 0 Å². The summed E-state index contributed by atoms with van der Waals surface area (Å²) in [7, 11) is 0. The first-order chi connectivity index (χ1) is 12.8. The minimum Gasteiger partial charge on any atom is -0.378 e. The molecule has 2 fully saturated rings. The summed E-state index contributed by atoms with van der Waals surface area (Å²) in [6, 6.07) is 1.59. The molecule has 0 unspecified atom stereocenters. The molecule has 0 radical (unpaired) electrons. The van der Waals surface area contributed by atoms with Crippen molar-refractivity contribution in [3.63, 3.8) is 0 Å². The summed E-state index contributed by atoms with van der Waals surface area (Å²) in [4.78, 5) is 31.5. The minimum absolute atomic E-state index is 0.301. The van der Waals surface area contributed by atoms with E-state index in [-0.39, 0.29) is 5.91 Å². The Kier molecular flexibility index (Phi) is 4.87. The number of hydrogen-bond acceptors (Lipinski definition) is 8. The Morgan fingerprint density at radius 2 is 2.12 bits per heavy atom.